The van der Waals surface area contributed by atoms with Gasteiger partial charge in [-0.25, -0.2) is 0 Å². The number of benzene rings is 1. The Morgan fingerprint density at radius 1 is 0.731 bits per heavy atom. The number of fused-ring (bicyclic) bond motifs is 2. The minimum absolute atomic E-state index is 0.492. The molecule has 0 saturated heterocycles. The topological polar surface area (TPSA) is 52.6 Å². The summed E-state index contributed by atoms with van der Waals surface area (Å²) in [4.78, 5) is 14.1. The SMILES string of the molecule is [CH3][Sn]([CH3])([CH3])[c]1cc2c(OB=O)c3s[c]([Sn]([CH3])([CH3])[CH3])cc3c(OB=O)c2s1. The Labute approximate surface area is 170 Å². The van der Waals surface area contributed by atoms with Gasteiger partial charge in [-0.2, -0.15) is 0 Å². The van der Waals surface area contributed by atoms with E-state index in [1.807, 2.05) is 0 Å². The van der Waals surface area contributed by atoms with Gasteiger partial charge in [-0.15, -0.1) is 0 Å². The fourth-order valence-electron chi connectivity index (χ4n) is 2.77. The Morgan fingerprint density at radius 2 is 1.08 bits per heavy atom. The molecule has 2 heterocycles. The second-order valence-corrected chi connectivity index (χ2v) is 41.2. The molecule has 0 saturated carbocycles. The third-order valence-corrected chi connectivity index (χ3v) is 25.3. The predicted octanol–water partition coefficient (Wildman–Crippen LogP) is 3.89. The fraction of sp³-hybridized carbons (Fsp3) is 0.375. The van der Waals surface area contributed by atoms with E-state index in [4.69, 9.17) is 9.31 Å². The van der Waals surface area contributed by atoms with Gasteiger partial charge in [0.05, 0.1) is 0 Å². The van der Waals surface area contributed by atoms with Gasteiger partial charge in [-0.3, -0.25) is 0 Å². The first-order chi connectivity index (χ1) is 12.1. The van der Waals surface area contributed by atoms with E-state index < -0.39 is 36.8 Å². The summed E-state index contributed by atoms with van der Waals surface area (Å²) in [5, 5.41) is 1.76. The Balaban J connectivity index is 2.47. The van der Waals surface area contributed by atoms with Crippen LogP contribution < -0.4 is 15.1 Å². The van der Waals surface area contributed by atoms with E-state index in [1.165, 1.54) is 5.79 Å². The van der Waals surface area contributed by atoms with Crippen molar-refractivity contribution in [3.8, 4) is 11.5 Å². The van der Waals surface area contributed by atoms with Crippen LogP contribution in [0.3, 0.4) is 0 Å². The average molecular weight is 600 g/mol. The van der Waals surface area contributed by atoms with Crippen molar-refractivity contribution >= 4 is 100 Å². The van der Waals surface area contributed by atoms with Crippen LogP contribution in [0, 0.1) is 0 Å². The molecule has 0 atom stereocenters. The molecule has 26 heavy (non-hydrogen) atoms. The zero-order chi connectivity index (χ0) is 19.3. The van der Waals surface area contributed by atoms with Crippen molar-refractivity contribution in [3.05, 3.63) is 12.1 Å². The molecule has 0 fully saturated rings. The van der Waals surface area contributed by atoms with Gasteiger partial charge in [0.25, 0.3) is 0 Å². The maximum absolute atomic E-state index is 11.2. The number of rotatable bonds is 6. The summed E-state index contributed by atoms with van der Waals surface area (Å²) in [6, 6.07) is 4.29. The van der Waals surface area contributed by atoms with Crippen molar-refractivity contribution in [2.75, 3.05) is 0 Å². The second kappa shape index (κ2) is 7.48. The summed E-state index contributed by atoms with van der Waals surface area (Å²) in [5.74, 6) is 1.21. The van der Waals surface area contributed by atoms with E-state index in [1.54, 1.807) is 22.7 Å². The first-order valence-electron chi connectivity index (χ1n) is 8.32. The molecule has 0 spiro atoms. The minimum atomic E-state index is -2.33. The Morgan fingerprint density at radius 3 is 1.35 bits per heavy atom. The van der Waals surface area contributed by atoms with E-state index in [-0.39, 0.29) is 0 Å². The van der Waals surface area contributed by atoms with Crippen LogP contribution in [-0.2, 0) is 9.41 Å². The molecule has 10 heteroatoms. The van der Waals surface area contributed by atoms with Crippen molar-refractivity contribution < 1.29 is 18.7 Å². The van der Waals surface area contributed by atoms with Crippen LogP contribution in [-0.4, -0.2) is 51.5 Å². The normalized spacial score (nSPS) is 12.2. The molecular weight excluding hydrogens is 579 g/mol. The van der Waals surface area contributed by atoms with E-state index in [0.29, 0.717) is 26.2 Å². The van der Waals surface area contributed by atoms with Gasteiger partial charge in [0.2, 0.25) is 0 Å². The Kier molecular flexibility index (Phi) is 5.98. The Hall–Kier alpha value is 0.0673. The number of hydrogen-bond donors (Lipinski definition) is 0. The molecule has 1 aromatic carbocycles. The van der Waals surface area contributed by atoms with Gasteiger partial charge in [-0.1, -0.05) is 0 Å². The molecule has 0 radical (unpaired) electrons. The summed E-state index contributed by atoms with van der Waals surface area (Å²) in [6.07, 6.45) is 0. The number of hydrogen-bond acceptors (Lipinski definition) is 6. The summed E-state index contributed by atoms with van der Waals surface area (Å²) >= 11 is -1.31. The van der Waals surface area contributed by atoms with Crippen LogP contribution in [0.15, 0.2) is 12.1 Å². The molecule has 4 nitrogen and oxygen atoms in total. The number of thiophene rings is 2. The molecule has 2 aromatic heterocycles. The van der Waals surface area contributed by atoms with Crippen LogP contribution in [0.25, 0.3) is 20.2 Å². The molecule has 134 valence electrons. The molecule has 3 aromatic rings. The van der Waals surface area contributed by atoms with E-state index >= 15 is 0 Å². The third-order valence-electron chi connectivity index (χ3n) is 4.18. The Bertz CT molecular complexity index is 881. The van der Waals surface area contributed by atoms with Crippen LogP contribution in [0.1, 0.15) is 0 Å². The van der Waals surface area contributed by atoms with Gasteiger partial charge in [0, 0.05) is 0 Å². The van der Waals surface area contributed by atoms with Crippen molar-refractivity contribution in [2.24, 2.45) is 0 Å². The molecule has 0 N–H and O–H groups in total. The second-order valence-electron chi connectivity index (χ2n) is 8.29. The van der Waals surface area contributed by atoms with Crippen LogP contribution in [0.4, 0.5) is 0 Å². The molecular formula is C16H20B2O4S2Sn2. The molecule has 0 aliphatic carbocycles. The zero-order valence-corrected chi connectivity index (χ0v) is 23.1. The van der Waals surface area contributed by atoms with Crippen molar-refractivity contribution in [1.29, 1.82) is 0 Å². The quantitative estimate of drug-likeness (QED) is 0.404. The van der Waals surface area contributed by atoms with Crippen LogP contribution in [0.2, 0.25) is 29.6 Å². The monoisotopic (exact) mass is 602 g/mol. The molecule has 0 bridgehead atoms. The first kappa shape index (κ1) is 20.8. The van der Waals surface area contributed by atoms with E-state index in [2.05, 4.69) is 41.8 Å². The first-order valence-corrected chi connectivity index (χ1v) is 29.9. The summed E-state index contributed by atoms with van der Waals surface area (Å²) < 4.78 is 37.8. The molecule has 0 aliphatic rings. The molecule has 0 aliphatic heterocycles. The van der Waals surface area contributed by atoms with Crippen LogP contribution >= 0.6 is 22.7 Å². The van der Waals surface area contributed by atoms with Crippen molar-refractivity contribution in [1.82, 2.24) is 0 Å². The predicted molar refractivity (Wildman–Crippen MR) is 117 cm³/mol. The van der Waals surface area contributed by atoms with Crippen LogP contribution in [0.5, 0.6) is 11.5 Å². The van der Waals surface area contributed by atoms with Gasteiger partial charge < -0.3 is 0 Å². The molecule has 0 unspecified atom stereocenters. The van der Waals surface area contributed by atoms with Gasteiger partial charge in [0.15, 0.2) is 0 Å². The van der Waals surface area contributed by atoms with Crippen molar-refractivity contribution in [2.45, 2.75) is 29.6 Å². The fourth-order valence-corrected chi connectivity index (χ4v) is 15.5. The van der Waals surface area contributed by atoms with Gasteiger partial charge in [-0.05, 0) is 0 Å². The van der Waals surface area contributed by atoms with Gasteiger partial charge >= 0.3 is 172 Å². The standard InChI is InChI=1S/C10H2B2O4S2.6CH3.2Sn/c13-11-15-7-5-1-3-17-9(5)8(16-12-14)6-2-4-18-10(6)7;;;;;;;;/h1-2H;6*1H3;;. The summed E-state index contributed by atoms with van der Waals surface area (Å²) in [6.45, 7) is 0. The zero-order valence-electron chi connectivity index (χ0n) is 15.8. The molecule has 0 amide bonds. The van der Waals surface area contributed by atoms with Crippen molar-refractivity contribution in [3.63, 3.8) is 0 Å². The average Bonchev–Trinajstić information content (AvgIpc) is 3.14. The van der Waals surface area contributed by atoms with E-state index in [0.717, 1.165) is 20.2 Å². The third kappa shape index (κ3) is 3.80. The van der Waals surface area contributed by atoms with Gasteiger partial charge in [0.1, 0.15) is 0 Å². The summed E-state index contributed by atoms with van der Waals surface area (Å²) in [7, 11) is 0.984. The maximum atomic E-state index is 11.2. The molecule has 3 rings (SSSR count). The van der Waals surface area contributed by atoms with E-state index in [9.17, 15) is 9.41 Å². The summed E-state index contributed by atoms with van der Waals surface area (Å²) in [5.41, 5.74) is 0.